The lowest BCUT2D eigenvalue weighted by molar-refractivity contribution is -0.142. The molecule has 7 rings (SSSR count). The van der Waals surface area contributed by atoms with E-state index >= 15 is 0 Å². The van der Waals surface area contributed by atoms with E-state index in [9.17, 15) is 36.8 Å². The molecule has 2 aromatic carbocycles. The molecule has 2 aromatic rings. The number of benzene rings is 2. The van der Waals surface area contributed by atoms with Crippen molar-refractivity contribution < 1.29 is 41.5 Å². The summed E-state index contributed by atoms with van der Waals surface area (Å²) >= 11 is 0. The highest BCUT2D eigenvalue weighted by molar-refractivity contribution is 7.91. The van der Waals surface area contributed by atoms with Gasteiger partial charge in [-0.05, 0) is 87.1 Å². The van der Waals surface area contributed by atoms with Crippen LogP contribution in [0.4, 0.5) is 9.18 Å². The summed E-state index contributed by atoms with van der Waals surface area (Å²) in [5.74, 6) is -2.87. The van der Waals surface area contributed by atoms with Crippen LogP contribution in [-0.4, -0.2) is 90.2 Å². The Morgan fingerprint density at radius 2 is 1.80 bits per heavy atom. The average molecular weight is 791 g/mol. The first kappa shape index (κ1) is 39.6. The lowest BCUT2D eigenvalue weighted by Crippen LogP contribution is -2.47. The summed E-state index contributed by atoms with van der Waals surface area (Å²) in [6.07, 6.45) is 7.27. The number of hydrogen-bond donors (Lipinski definition) is 1. The first-order valence-electron chi connectivity index (χ1n) is 19.7. The van der Waals surface area contributed by atoms with Gasteiger partial charge in [0.15, 0.2) is 5.78 Å². The number of allylic oxidation sites excluding steroid dienone is 2. The van der Waals surface area contributed by atoms with Crippen molar-refractivity contribution in [2.75, 3.05) is 20.6 Å². The van der Waals surface area contributed by atoms with Crippen LogP contribution in [0.1, 0.15) is 98.2 Å². The molecular weight excluding hydrogens is 740 g/mol. The zero-order chi connectivity index (χ0) is 40.0. The summed E-state index contributed by atoms with van der Waals surface area (Å²) in [4.78, 5) is 73.9. The van der Waals surface area contributed by atoms with Gasteiger partial charge in [-0.2, -0.15) is 0 Å². The van der Waals surface area contributed by atoms with E-state index in [1.807, 2.05) is 18.2 Å². The molecule has 2 saturated carbocycles. The van der Waals surface area contributed by atoms with E-state index in [0.29, 0.717) is 48.8 Å². The maximum atomic E-state index is 14.8. The molecule has 56 heavy (non-hydrogen) atoms. The van der Waals surface area contributed by atoms with Crippen LogP contribution in [0.25, 0.3) is 0 Å². The van der Waals surface area contributed by atoms with Gasteiger partial charge in [0.1, 0.15) is 11.9 Å². The molecule has 3 fully saturated rings. The molecule has 1 N–H and O–H groups in total. The number of halogens is 1. The predicted octanol–water partition coefficient (Wildman–Crippen LogP) is 5.29. The fraction of sp³-hybridized carbons (Fsp3) is 0.548. The van der Waals surface area contributed by atoms with Crippen molar-refractivity contribution in [2.24, 2.45) is 17.3 Å². The lowest BCUT2D eigenvalue weighted by atomic mass is 9.89. The molecule has 3 heterocycles. The van der Waals surface area contributed by atoms with Gasteiger partial charge in [-0.3, -0.25) is 28.8 Å². The third kappa shape index (κ3) is 7.99. The van der Waals surface area contributed by atoms with Crippen molar-refractivity contribution in [1.29, 1.82) is 0 Å². The summed E-state index contributed by atoms with van der Waals surface area (Å²) in [5.41, 5.74) is 1.10. The first-order chi connectivity index (χ1) is 26.6. The number of hydrogen-bond acceptors (Lipinski definition) is 8. The van der Waals surface area contributed by atoms with Crippen molar-refractivity contribution in [2.45, 2.75) is 108 Å². The maximum absolute atomic E-state index is 14.8. The van der Waals surface area contributed by atoms with Gasteiger partial charge in [-0.25, -0.2) is 17.6 Å². The van der Waals surface area contributed by atoms with E-state index in [-0.39, 0.29) is 50.2 Å². The van der Waals surface area contributed by atoms with Crippen molar-refractivity contribution in [3.63, 3.8) is 0 Å². The van der Waals surface area contributed by atoms with Crippen LogP contribution >= 0.6 is 0 Å². The molecule has 3 aliphatic heterocycles. The van der Waals surface area contributed by atoms with Gasteiger partial charge in [0.2, 0.25) is 21.8 Å². The molecule has 0 unspecified atom stereocenters. The zero-order valence-electron chi connectivity index (χ0n) is 32.3. The monoisotopic (exact) mass is 790 g/mol. The van der Waals surface area contributed by atoms with Crippen LogP contribution in [0.2, 0.25) is 0 Å². The molecule has 14 heteroatoms. The van der Waals surface area contributed by atoms with Crippen LogP contribution in [0.5, 0.6) is 0 Å². The van der Waals surface area contributed by atoms with E-state index in [1.54, 1.807) is 51.4 Å². The number of Topliss-reactive ketones (excluding diaryl/α,β-unsaturated/α-hetero) is 1. The Hall–Kier alpha value is -4.59. The molecule has 300 valence electrons. The van der Waals surface area contributed by atoms with Crippen LogP contribution in [0, 0.1) is 23.1 Å². The van der Waals surface area contributed by atoms with E-state index in [0.717, 1.165) is 31.2 Å². The van der Waals surface area contributed by atoms with E-state index in [1.165, 1.54) is 20.8 Å². The van der Waals surface area contributed by atoms with Crippen LogP contribution in [-0.2, 0) is 48.7 Å². The van der Waals surface area contributed by atoms with Crippen LogP contribution in [0.3, 0.4) is 0 Å². The molecule has 4 amide bonds. The minimum Gasteiger partial charge on any atom is -0.444 e. The number of ether oxygens (including phenoxy) is 1. The first-order valence-corrected chi connectivity index (χ1v) is 21.2. The zero-order valence-corrected chi connectivity index (χ0v) is 33.1. The van der Waals surface area contributed by atoms with Gasteiger partial charge < -0.3 is 14.5 Å². The van der Waals surface area contributed by atoms with Gasteiger partial charge in [0, 0.05) is 50.5 Å². The summed E-state index contributed by atoms with van der Waals surface area (Å²) in [6, 6.07) is 10.8. The number of ketones is 1. The summed E-state index contributed by atoms with van der Waals surface area (Å²) in [7, 11) is -0.623. The second-order valence-corrected chi connectivity index (χ2v) is 19.0. The molecule has 1 saturated heterocycles. The van der Waals surface area contributed by atoms with Crippen molar-refractivity contribution >= 4 is 39.6 Å². The summed E-state index contributed by atoms with van der Waals surface area (Å²) in [6.45, 7) is 1.74. The third-order valence-corrected chi connectivity index (χ3v) is 14.6. The summed E-state index contributed by atoms with van der Waals surface area (Å²) in [5, 5.41) is 0. The maximum Gasteiger partial charge on any atom is 0.410 e. The fourth-order valence-corrected chi connectivity index (χ4v) is 9.85. The van der Waals surface area contributed by atoms with Gasteiger partial charge in [-0.15, -0.1) is 0 Å². The fourth-order valence-electron chi connectivity index (χ4n) is 8.52. The van der Waals surface area contributed by atoms with E-state index in [2.05, 4.69) is 4.72 Å². The lowest BCUT2D eigenvalue weighted by Gasteiger charge is -2.29. The number of nitrogens with zero attached hydrogens (tertiary/aromatic N) is 3. The van der Waals surface area contributed by atoms with E-state index < -0.39 is 61.8 Å². The van der Waals surface area contributed by atoms with Crippen LogP contribution in [0.15, 0.2) is 54.6 Å². The topological polar surface area (TPSA) is 150 Å². The number of sulfonamides is 1. The normalized spacial score (nSPS) is 27.9. The molecule has 0 radical (unpaired) electrons. The van der Waals surface area contributed by atoms with Gasteiger partial charge in [0.25, 0.3) is 5.91 Å². The van der Waals surface area contributed by atoms with Crippen molar-refractivity contribution in [3.05, 3.63) is 82.7 Å². The highest BCUT2D eigenvalue weighted by Crippen LogP contribution is 2.57. The molecule has 0 aromatic heterocycles. The Balaban J connectivity index is 1.16. The van der Waals surface area contributed by atoms with Crippen molar-refractivity contribution in [3.8, 4) is 0 Å². The molecule has 0 bridgehead atoms. The number of nitrogens with one attached hydrogen (secondary N) is 1. The second-order valence-electron chi connectivity index (χ2n) is 16.8. The highest BCUT2D eigenvalue weighted by Gasteiger charge is 2.62. The Kier molecular flexibility index (Phi) is 10.9. The quantitative estimate of drug-likeness (QED) is 0.372. The molecule has 0 spiro atoms. The molecule has 5 aliphatic rings. The highest BCUT2D eigenvalue weighted by atomic mass is 32.2. The van der Waals surface area contributed by atoms with Gasteiger partial charge in [0.05, 0.1) is 29.3 Å². The second kappa shape index (κ2) is 15.4. The third-order valence-electron chi connectivity index (χ3n) is 12.5. The number of carbonyl (C=O) groups excluding carboxylic acids is 5. The Labute approximate surface area is 327 Å². The van der Waals surface area contributed by atoms with Gasteiger partial charge >= 0.3 is 6.09 Å². The predicted molar refractivity (Wildman–Crippen MR) is 205 cm³/mol. The van der Waals surface area contributed by atoms with Crippen LogP contribution < -0.4 is 4.72 Å². The van der Waals surface area contributed by atoms with E-state index in [4.69, 9.17) is 4.74 Å². The standard InChI is InChI=1S/C42H51FN4O8S/c1-41(17-18-41)56(53,54)44-39(51)42-22-31(42)15-8-6-4-5-7-12-29(20-27-11-9-13-28(19-27)37(49)45(2)3)38(50)47-25-32(21-35(47)36(48)23-42)55-40(52)46-24-30-14-10-16-34(43)33(30)26-46/h8-11,13-16,19,29,31-32,35H,4-7,12,17-18,20-26H2,1-3H3,(H,44,51)/b15-8-/t29-,31-,32-,35+,42-/m1/s1. The SMILES string of the molecule is CN(C)C(=O)c1cccc(C[C@H]2CCCCC/C=C\[C@@H]3C[C@@]3(C(=O)NS(=O)(=O)C3(C)CC3)CC(=O)[C@@H]3C[C@@H](OC(=O)N4Cc5cccc(F)c5C4)CN3C2=O)c1. The molecule has 5 atom stereocenters. The minimum atomic E-state index is -3.97. The smallest absolute Gasteiger partial charge is 0.410 e. The van der Waals surface area contributed by atoms with Crippen molar-refractivity contribution in [1.82, 2.24) is 19.4 Å². The summed E-state index contributed by atoms with van der Waals surface area (Å²) < 4.78 is 48.1. The Morgan fingerprint density at radius 3 is 2.54 bits per heavy atom. The Morgan fingerprint density at radius 1 is 1.04 bits per heavy atom. The number of fused-ring (bicyclic) bond motifs is 3. The number of carbonyl (C=O) groups is 5. The van der Waals surface area contributed by atoms with Gasteiger partial charge in [-0.1, -0.05) is 49.3 Å². The average Bonchev–Trinajstić information content (AvgIpc) is 3.95. The largest absolute Gasteiger partial charge is 0.444 e. The Bertz CT molecular complexity index is 2070. The number of amides is 4. The number of rotatable bonds is 7. The molecule has 2 aliphatic carbocycles. The molecule has 12 nitrogen and oxygen atoms in total. The minimum absolute atomic E-state index is 0.000417. The molecular formula is C42H51FN4O8S.